The minimum absolute atomic E-state index is 0.148. The van der Waals surface area contributed by atoms with Gasteiger partial charge in [0.15, 0.2) is 11.4 Å². The molecule has 0 saturated carbocycles. The van der Waals surface area contributed by atoms with Crippen molar-refractivity contribution in [2.75, 3.05) is 32.1 Å². The molecule has 0 unspecified atom stereocenters. The number of aryl methyl sites for hydroxylation is 3. The number of nitrogens with zero attached hydrogens (tertiary/aromatic N) is 5. The van der Waals surface area contributed by atoms with E-state index in [0.717, 1.165) is 47.8 Å². The number of ketones is 1. The maximum absolute atomic E-state index is 13.0. The number of imidazole rings is 1. The summed E-state index contributed by atoms with van der Waals surface area (Å²) in [5.74, 6) is 0.148. The van der Waals surface area contributed by atoms with Crippen LogP contribution in [-0.4, -0.2) is 58.3 Å². The van der Waals surface area contributed by atoms with E-state index in [-0.39, 0.29) is 5.78 Å². The molecule has 1 saturated heterocycles. The molecule has 5 rings (SSSR count). The topological polar surface area (TPSA) is 53.7 Å². The Morgan fingerprint density at radius 2 is 1.87 bits per heavy atom. The van der Waals surface area contributed by atoms with Gasteiger partial charge in [-0.1, -0.05) is 6.07 Å². The summed E-state index contributed by atoms with van der Waals surface area (Å²) in [5, 5.41) is 0. The van der Waals surface area contributed by atoms with Crippen molar-refractivity contribution in [3.63, 3.8) is 0 Å². The minimum atomic E-state index is 0.148. The van der Waals surface area contributed by atoms with Gasteiger partial charge < -0.3 is 14.2 Å². The molecular weight excluding hydrogens is 374 g/mol. The van der Waals surface area contributed by atoms with Crippen LogP contribution in [-0.2, 0) is 11.2 Å². The molecule has 1 aliphatic heterocycles. The summed E-state index contributed by atoms with van der Waals surface area (Å²) in [6.45, 7) is 6.03. The number of rotatable bonds is 3. The summed E-state index contributed by atoms with van der Waals surface area (Å²) in [4.78, 5) is 26.9. The maximum Gasteiger partial charge on any atom is 0.165 e. The fourth-order valence-electron chi connectivity index (χ4n) is 4.41. The van der Waals surface area contributed by atoms with Crippen molar-refractivity contribution < 1.29 is 4.79 Å². The highest BCUT2D eigenvalue weighted by atomic mass is 16.1. The lowest BCUT2D eigenvalue weighted by atomic mass is 10.0. The second-order valence-corrected chi connectivity index (χ2v) is 8.71. The van der Waals surface area contributed by atoms with Crippen molar-refractivity contribution in [2.24, 2.45) is 0 Å². The molecule has 0 atom stereocenters. The van der Waals surface area contributed by atoms with Crippen LogP contribution in [0.1, 0.15) is 34.6 Å². The van der Waals surface area contributed by atoms with Crippen LogP contribution in [0, 0.1) is 13.8 Å². The average molecular weight is 402 g/mol. The Labute approximate surface area is 176 Å². The fraction of sp³-hybridized carbons (Fsp3) is 0.375. The number of Topliss-reactive ketones (excluding diaryl/α,β-unsaturated/α-hetero) is 1. The Kier molecular flexibility index (Phi) is 4.47. The van der Waals surface area contributed by atoms with Crippen molar-refractivity contribution in [3.8, 4) is 0 Å². The molecule has 0 radical (unpaired) electrons. The molecular formula is C24H27N5O. The van der Waals surface area contributed by atoms with Crippen molar-refractivity contribution in [1.29, 1.82) is 0 Å². The summed E-state index contributed by atoms with van der Waals surface area (Å²) in [7, 11) is 4.27. The van der Waals surface area contributed by atoms with Crippen LogP contribution in [0.4, 0.5) is 5.69 Å². The van der Waals surface area contributed by atoms with Gasteiger partial charge in [-0.2, -0.15) is 0 Å². The van der Waals surface area contributed by atoms with E-state index < -0.39 is 0 Å². The Morgan fingerprint density at radius 3 is 2.63 bits per heavy atom. The third-order valence-corrected chi connectivity index (χ3v) is 6.31. The number of aromatic nitrogens is 3. The Morgan fingerprint density at radius 1 is 1.07 bits per heavy atom. The second kappa shape index (κ2) is 7.06. The Balaban J connectivity index is 1.49. The molecule has 1 fully saturated rings. The Hall–Kier alpha value is -2.99. The first kappa shape index (κ1) is 19.0. The van der Waals surface area contributed by atoms with E-state index >= 15 is 0 Å². The first-order valence-electron chi connectivity index (χ1n) is 10.5. The minimum Gasteiger partial charge on any atom is -0.368 e. The van der Waals surface area contributed by atoms with E-state index in [4.69, 9.17) is 4.98 Å². The predicted molar refractivity (Wildman–Crippen MR) is 120 cm³/mol. The van der Waals surface area contributed by atoms with Gasteiger partial charge in [0.1, 0.15) is 0 Å². The lowest BCUT2D eigenvalue weighted by Crippen LogP contribution is -2.57. The molecule has 0 spiro atoms. The molecule has 3 heterocycles. The molecule has 0 amide bonds. The van der Waals surface area contributed by atoms with Gasteiger partial charge in [-0.3, -0.25) is 9.78 Å². The molecule has 6 heteroatoms. The first-order chi connectivity index (χ1) is 14.4. The van der Waals surface area contributed by atoms with Crippen molar-refractivity contribution in [1.82, 2.24) is 19.3 Å². The summed E-state index contributed by atoms with van der Waals surface area (Å²) in [6, 6.07) is 7.21. The molecule has 0 bridgehead atoms. The average Bonchev–Trinajstić information content (AvgIpc) is 3.00. The van der Waals surface area contributed by atoms with Gasteiger partial charge in [-0.05, 0) is 63.7 Å². The molecule has 2 aliphatic rings. The molecule has 1 aliphatic carbocycles. The number of anilines is 1. The zero-order valence-corrected chi connectivity index (χ0v) is 18.0. The number of hydrogen-bond donors (Lipinski definition) is 0. The van der Waals surface area contributed by atoms with Crippen LogP contribution < -0.4 is 4.90 Å². The summed E-state index contributed by atoms with van der Waals surface area (Å²) >= 11 is 0. The number of carbonyl (C=O) groups is 1. The quantitative estimate of drug-likeness (QED) is 0.675. The SMILES string of the molecule is Cc1cn2cc(C3=Cc4ccc(N5CC(N(C)C)C5)cc4CCC3=O)nc2c(C)n1. The lowest BCUT2D eigenvalue weighted by molar-refractivity contribution is -0.113. The van der Waals surface area contributed by atoms with Gasteiger partial charge in [-0.25, -0.2) is 4.98 Å². The molecule has 30 heavy (non-hydrogen) atoms. The molecule has 154 valence electrons. The molecule has 6 nitrogen and oxygen atoms in total. The standard InChI is InChI=1S/C24H27N5O/c1-15-11-29-14-22(26-24(29)16(2)25-15)21-10-18-5-7-19(9-17(18)6-8-23(21)30)28-12-20(13-28)27(3)4/h5,7,9-11,14,20H,6,8,12-13H2,1-4H3. The zero-order chi connectivity index (χ0) is 21.0. The maximum atomic E-state index is 13.0. The fourth-order valence-corrected chi connectivity index (χ4v) is 4.41. The van der Waals surface area contributed by atoms with E-state index in [9.17, 15) is 4.79 Å². The summed E-state index contributed by atoms with van der Waals surface area (Å²) < 4.78 is 1.97. The monoisotopic (exact) mass is 401 g/mol. The van der Waals surface area contributed by atoms with Crippen LogP contribution in [0.3, 0.4) is 0 Å². The first-order valence-corrected chi connectivity index (χ1v) is 10.5. The number of hydrogen-bond acceptors (Lipinski definition) is 5. The third-order valence-electron chi connectivity index (χ3n) is 6.31. The van der Waals surface area contributed by atoms with E-state index in [1.807, 2.05) is 36.7 Å². The highest BCUT2D eigenvalue weighted by molar-refractivity contribution is 6.25. The number of allylic oxidation sites excluding steroid dienone is 1. The molecule has 2 aromatic heterocycles. The van der Waals surface area contributed by atoms with Crippen LogP contribution >= 0.6 is 0 Å². The van der Waals surface area contributed by atoms with E-state index in [2.05, 4.69) is 47.1 Å². The number of carbonyl (C=O) groups excluding carboxylic acids is 1. The molecule has 3 aromatic rings. The van der Waals surface area contributed by atoms with Crippen LogP contribution in [0.25, 0.3) is 17.3 Å². The lowest BCUT2D eigenvalue weighted by Gasteiger charge is -2.44. The zero-order valence-electron chi connectivity index (χ0n) is 18.0. The van der Waals surface area contributed by atoms with Gasteiger partial charge in [0.05, 0.1) is 17.1 Å². The van der Waals surface area contributed by atoms with Gasteiger partial charge in [0.2, 0.25) is 0 Å². The summed E-state index contributed by atoms with van der Waals surface area (Å²) in [6.07, 6.45) is 7.19. The van der Waals surface area contributed by atoms with Crippen molar-refractivity contribution >= 4 is 28.8 Å². The largest absolute Gasteiger partial charge is 0.368 e. The highest BCUT2D eigenvalue weighted by Gasteiger charge is 2.29. The van der Waals surface area contributed by atoms with Crippen molar-refractivity contribution in [2.45, 2.75) is 32.7 Å². The van der Waals surface area contributed by atoms with Crippen LogP contribution in [0.2, 0.25) is 0 Å². The van der Waals surface area contributed by atoms with Crippen LogP contribution in [0.15, 0.2) is 30.6 Å². The second-order valence-electron chi connectivity index (χ2n) is 8.71. The molecule has 0 N–H and O–H groups in total. The summed E-state index contributed by atoms with van der Waals surface area (Å²) in [5.41, 5.74) is 7.64. The third kappa shape index (κ3) is 3.21. The highest BCUT2D eigenvalue weighted by Crippen LogP contribution is 2.31. The van der Waals surface area contributed by atoms with Gasteiger partial charge in [0, 0.05) is 49.2 Å². The predicted octanol–water partition coefficient (Wildman–Crippen LogP) is 3.15. The van der Waals surface area contributed by atoms with E-state index in [1.165, 1.54) is 11.3 Å². The van der Waals surface area contributed by atoms with Crippen molar-refractivity contribution in [3.05, 3.63) is 58.8 Å². The Bertz CT molecular complexity index is 1180. The molecule has 1 aromatic carbocycles. The van der Waals surface area contributed by atoms with E-state index in [0.29, 0.717) is 18.0 Å². The van der Waals surface area contributed by atoms with Gasteiger partial charge >= 0.3 is 0 Å². The normalized spacial score (nSPS) is 17.2. The number of benzene rings is 1. The number of fused-ring (bicyclic) bond motifs is 2. The van der Waals surface area contributed by atoms with Crippen LogP contribution in [0.5, 0.6) is 0 Å². The number of likely N-dealkylation sites (N-methyl/N-ethyl adjacent to an activating group) is 1. The van der Waals surface area contributed by atoms with Gasteiger partial charge in [-0.15, -0.1) is 0 Å². The van der Waals surface area contributed by atoms with Gasteiger partial charge in [0.25, 0.3) is 0 Å². The smallest absolute Gasteiger partial charge is 0.165 e. The van der Waals surface area contributed by atoms with E-state index in [1.54, 1.807) is 0 Å².